The average molecular weight is 795 g/mol. The molecule has 0 spiro atoms. The van der Waals surface area contributed by atoms with E-state index in [2.05, 4.69) is 0 Å². The van der Waals surface area contributed by atoms with E-state index in [4.69, 9.17) is 70.1 Å². The number of ether oxygens (including phenoxy) is 5. The van der Waals surface area contributed by atoms with Crippen molar-refractivity contribution in [3.05, 3.63) is 97.0 Å². The molecule has 0 bridgehead atoms. The Morgan fingerprint density at radius 3 is 2.23 bits per heavy atom. The van der Waals surface area contributed by atoms with Crippen molar-refractivity contribution in [3.63, 3.8) is 0 Å². The van der Waals surface area contributed by atoms with Crippen LogP contribution in [0, 0.1) is 6.92 Å². The van der Waals surface area contributed by atoms with E-state index in [-0.39, 0.29) is 45.1 Å². The quantitative estimate of drug-likeness (QED) is 0.119. The minimum atomic E-state index is -0.758. The molecule has 280 valence electrons. The second-order valence-corrected chi connectivity index (χ2v) is 15.4. The lowest BCUT2D eigenvalue weighted by Crippen LogP contribution is -2.52. The van der Waals surface area contributed by atoms with Crippen LogP contribution in [0.25, 0.3) is 5.57 Å². The van der Waals surface area contributed by atoms with E-state index in [1.807, 2.05) is 69.0 Å². The number of carbonyl (C=O) groups excluding carboxylic acids is 2. The van der Waals surface area contributed by atoms with Gasteiger partial charge in [0.1, 0.15) is 31.4 Å². The van der Waals surface area contributed by atoms with Gasteiger partial charge in [-0.15, -0.1) is 0 Å². The molecular formula is C39H44Cl4N2O7. The first-order valence-electron chi connectivity index (χ1n) is 17.1. The Kier molecular flexibility index (Phi) is 13.7. The summed E-state index contributed by atoms with van der Waals surface area (Å²) in [6, 6.07) is 15.8. The Labute approximate surface area is 325 Å². The molecule has 3 aromatic rings. The number of amides is 2. The number of aryl methyl sites for hydroxylation is 1. The van der Waals surface area contributed by atoms with Crippen LogP contribution in [-0.4, -0.2) is 79.8 Å². The number of methoxy groups -OCH3 is 1. The van der Waals surface area contributed by atoms with Crippen LogP contribution in [0.15, 0.2) is 60.2 Å². The fraction of sp³-hybridized carbons (Fsp3) is 0.436. The first-order valence-corrected chi connectivity index (χ1v) is 18.6. The van der Waals surface area contributed by atoms with Crippen LogP contribution in [0.1, 0.15) is 56.7 Å². The molecule has 0 saturated heterocycles. The van der Waals surface area contributed by atoms with E-state index in [0.717, 1.165) is 35.1 Å². The third-order valence-corrected chi connectivity index (χ3v) is 9.96. The van der Waals surface area contributed by atoms with Gasteiger partial charge in [0.25, 0.3) is 5.91 Å². The third kappa shape index (κ3) is 10.3. The van der Waals surface area contributed by atoms with E-state index in [1.165, 1.54) is 7.11 Å². The maximum Gasteiger partial charge on any atom is 0.410 e. The Bertz CT molecular complexity index is 1750. The molecule has 2 amide bonds. The highest BCUT2D eigenvalue weighted by Gasteiger charge is 2.43. The fourth-order valence-electron chi connectivity index (χ4n) is 6.05. The maximum atomic E-state index is 15.0. The number of carbonyl (C=O) groups is 2. The van der Waals surface area contributed by atoms with Crippen LogP contribution in [0.3, 0.4) is 0 Å². The van der Waals surface area contributed by atoms with Gasteiger partial charge in [-0.25, -0.2) is 4.79 Å². The summed E-state index contributed by atoms with van der Waals surface area (Å²) >= 11 is 25.6. The lowest BCUT2D eigenvalue weighted by atomic mass is 9.87. The van der Waals surface area contributed by atoms with E-state index in [0.29, 0.717) is 50.1 Å². The molecule has 3 aromatic carbocycles. The SMILES string of the molecule is COCOCC1C(C(=O)N(Cc2cccc(Cl)c2Cl)C2CC2)=C(c2ccc(OCCOc3c(Cl)cc(C)cc3Cl)cc2)CCN1C(=O)OC(C)(C)C. The molecule has 2 aliphatic rings. The summed E-state index contributed by atoms with van der Waals surface area (Å²) in [5.74, 6) is 0.818. The smallest absolute Gasteiger partial charge is 0.410 e. The molecular weight excluding hydrogens is 750 g/mol. The summed E-state index contributed by atoms with van der Waals surface area (Å²) in [7, 11) is 1.52. The summed E-state index contributed by atoms with van der Waals surface area (Å²) in [5.41, 5.74) is 3.01. The first-order chi connectivity index (χ1) is 24.8. The predicted molar refractivity (Wildman–Crippen MR) is 205 cm³/mol. The highest BCUT2D eigenvalue weighted by atomic mass is 35.5. The minimum absolute atomic E-state index is 0.0106. The molecule has 9 nitrogen and oxygen atoms in total. The number of nitrogens with zero attached hydrogens (tertiary/aromatic N) is 2. The third-order valence-electron chi connectivity index (χ3n) is 8.54. The molecule has 0 aromatic heterocycles. The van der Waals surface area contributed by atoms with Crippen molar-refractivity contribution in [2.24, 2.45) is 0 Å². The van der Waals surface area contributed by atoms with Gasteiger partial charge < -0.3 is 28.6 Å². The molecule has 0 radical (unpaired) electrons. The number of halogens is 4. The number of hydrogen-bond acceptors (Lipinski definition) is 7. The van der Waals surface area contributed by atoms with Crippen molar-refractivity contribution in [1.29, 1.82) is 0 Å². The van der Waals surface area contributed by atoms with Gasteiger partial charge in [-0.1, -0.05) is 70.7 Å². The number of rotatable bonds is 14. The van der Waals surface area contributed by atoms with Crippen molar-refractivity contribution >= 4 is 64.0 Å². The highest BCUT2D eigenvalue weighted by molar-refractivity contribution is 6.42. The molecule has 1 atom stereocenters. The Balaban J connectivity index is 1.46. The molecule has 1 unspecified atom stereocenters. The molecule has 1 aliphatic heterocycles. The van der Waals surface area contributed by atoms with E-state index in [9.17, 15) is 9.59 Å². The van der Waals surface area contributed by atoms with Gasteiger partial charge in [-0.05, 0) is 99.6 Å². The van der Waals surface area contributed by atoms with E-state index in [1.54, 1.807) is 23.1 Å². The van der Waals surface area contributed by atoms with Crippen molar-refractivity contribution in [2.45, 2.75) is 71.2 Å². The van der Waals surface area contributed by atoms with Gasteiger partial charge in [-0.2, -0.15) is 0 Å². The van der Waals surface area contributed by atoms with Gasteiger partial charge in [0.15, 0.2) is 5.75 Å². The zero-order valence-corrected chi connectivity index (χ0v) is 33.0. The van der Waals surface area contributed by atoms with Crippen molar-refractivity contribution in [2.75, 3.05) is 40.3 Å². The zero-order chi connectivity index (χ0) is 37.6. The lowest BCUT2D eigenvalue weighted by Gasteiger charge is -2.40. The second kappa shape index (κ2) is 17.8. The van der Waals surface area contributed by atoms with Gasteiger partial charge in [-0.3, -0.25) is 9.69 Å². The van der Waals surface area contributed by atoms with Gasteiger partial charge >= 0.3 is 6.09 Å². The molecule has 1 heterocycles. The van der Waals surface area contributed by atoms with E-state index >= 15 is 0 Å². The maximum absolute atomic E-state index is 15.0. The first kappa shape index (κ1) is 40.0. The van der Waals surface area contributed by atoms with Crippen LogP contribution in [0.5, 0.6) is 11.5 Å². The Morgan fingerprint density at radius 1 is 0.923 bits per heavy atom. The summed E-state index contributed by atoms with van der Waals surface area (Å²) in [6.07, 6.45) is 1.58. The normalized spacial score (nSPS) is 16.2. The predicted octanol–water partition coefficient (Wildman–Crippen LogP) is 9.64. The molecule has 1 saturated carbocycles. The zero-order valence-electron chi connectivity index (χ0n) is 30.0. The lowest BCUT2D eigenvalue weighted by molar-refractivity contribution is -0.129. The summed E-state index contributed by atoms with van der Waals surface area (Å²) in [4.78, 5) is 32.0. The highest BCUT2D eigenvalue weighted by Crippen LogP contribution is 2.39. The Hall–Kier alpha value is -3.18. The molecule has 0 N–H and O–H groups in total. The van der Waals surface area contributed by atoms with Crippen LogP contribution in [-0.2, 0) is 25.5 Å². The van der Waals surface area contributed by atoms with Crippen LogP contribution < -0.4 is 9.47 Å². The van der Waals surface area contributed by atoms with Crippen molar-refractivity contribution in [3.8, 4) is 11.5 Å². The van der Waals surface area contributed by atoms with Gasteiger partial charge in [0.2, 0.25) is 0 Å². The molecule has 1 fully saturated rings. The average Bonchev–Trinajstić information content (AvgIpc) is 3.93. The van der Waals surface area contributed by atoms with Crippen LogP contribution in [0.2, 0.25) is 20.1 Å². The standard InChI is InChI=1S/C39H44Cl4N2O7/c1-24-19-31(41)36(32(42)20-24)51-18-17-50-28-13-9-25(10-14-28)29-15-16-44(38(47)52-39(2,3)4)33(22-49-23-48-5)34(29)37(46)45(27-11-12-27)21-26-7-6-8-30(40)35(26)43/h6-10,13-14,19-20,27,33H,11-12,15-18,21-23H2,1-5H3. The van der Waals surface area contributed by atoms with E-state index < -0.39 is 17.7 Å². The fourth-order valence-corrected chi connectivity index (χ4v) is 7.13. The Morgan fingerprint density at radius 2 is 1.60 bits per heavy atom. The monoisotopic (exact) mass is 792 g/mol. The second-order valence-electron chi connectivity index (χ2n) is 13.8. The molecule has 1 aliphatic carbocycles. The topological polar surface area (TPSA) is 86.8 Å². The van der Waals surface area contributed by atoms with Crippen molar-refractivity contribution < 1.29 is 33.3 Å². The minimum Gasteiger partial charge on any atom is -0.490 e. The van der Waals surface area contributed by atoms with Crippen LogP contribution >= 0.6 is 46.4 Å². The molecule has 13 heteroatoms. The summed E-state index contributed by atoms with van der Waals surface area (Å²) < 4.78 is 28.6. The molecule has 5 rings (SSSR count). The largest absolute Gasteiger partial charge is 0.490 e. The van der Waals surface area contributed by atoms with Gasteiger partial charge in [0, 0.05) is 31.8 Å². The van der Waals surface area contributed by atoms with Gasteiger partial charge in [0.05, 0.1) is 32.7 Å². The summed E-state index contributed by atoms with van der Waals surface area (Å²) in [5, 5.41) is 1.69. The summed E-state index contributed by atoms with van der Waals surface area (Å²) in [6.45, 7) is 8.38. The van der Waals surface area contributed by atoms with Crippen molar-refractivity contribution in [1.82, 2.24) is 9.80 Å². The molecule has 52 heavy (non-hydrogen) atoms. The number of benzene rings is 3. The van der Waals surface area contributed by atoms with Crippen LogP contribution in [0.4, 0.5) is 4.79 Å². The number of hydrogen-bond donors (Lipinski definition) is 0.